The summed E-state index contributed by atoms with van der Waals surface area (Å²) in [6.07, 6.45) is 0.755. The zero-order valence-electron chi connectivity index (χ0n) is 11.3. The lowest BCUT2D eigenvalue weighted by Crippen LogP contribution is -2.00. The van der Waals surface area contributed by atoms with E-state index in [0.717, 1.165) is 17.4 Å². The van der Waals surface area contributed by atoms with Gasteiger partial charge < -0.3 is 9.47 Å². The average Bonchev–Trinajstić information content (AvgIpc) is 2.53. The quantitative estimate of drug-likeness (QED) is 0.633. The van der Waals surface area contributed by atoms with Crippen LogP contribution in [0.4, 0.5) is 0 Å². The van der Waals surface area contributed by atoms with Gasteiger partial charge >= 0.3 is 5.97 Å². The predicted molar refractivity (Wildman–Crippen MR) is 75.2 cm³/mol. The van der Waals surface area contributed by atoms with Crippen LogP contribution in [0.25, 0.3) is 11.1 Å². The molecular formula is C16H14O4. The maximum atomic E-state index is 11.4. The average molecular weight is 270 g/mol. The van der Waals surface area contributed by atoms with Gasteiger partial charge in [0.05, 0.1) is 25.3 Å². The van der Waals surface area contributed by atoms with E-state index in [9.17, 15) is 9.59 Å². The second kappa shape index (κ2) is 6.02. The van der Waals surface area contributed by atoms with Crippen molar-refractivity contribution in [3.63, 3.8) is 0 Å². The van der Waals surface area contributed by atoms with Gasteiger partial charge in [0, 0.05) is 0 Å². The van der Waals surface area contributed by atoms with Crippen molar-refractivity contribution in [2.45, 2.75) is 0 Å². The smallest absolute Gasteiger partial charge is 0.337 e. The van der Waals surface area contributed by atoms with Crippen molar-refractivity contribution in [3.8, 4) is 16.9 Å². The Morgan fingerprint density at radius 2 is 1.65 bits per heavy atom. The number of carbonyl (C=O) groups is 2. The Hall–Kier alpha value is -2.62. The van der Waals surface area contributed by atoms with E-state index in [1.54, 1.807) is 24.3 Å². The molecule has 2 aromatic carbocycles. The van der Waals surface area contributed by atoms with Crippen LogP contribution in [0.5, 0.6) is 5.75 Å². The molecule has 0 fully saturated rings. The van der Waals surface area contributed by atoms with Gasteiger partial charge in [-0.3, -0.25) is 4.79 Å². The lowest BCUT2D eigenvalue weighted by Gasteiger charge is -2.07. The number of methoxy groups -OCH3 is 2. The molecule has 102 valence electrons. The Morgan fingerprint density at radius 3 is 2.20 bits per heavy atom. The topological polar surface area (TPSA) is 52.6 Å². The molecule has 0 aliphatic rings. The van der Waals surface area contributed by atoms with E-state index in [-0.39, 0.29) is 5.97 Å². The number of rotatable bonds is 4. The highest BCUT2D eigenvalue weighted by molar-refractivity contribution is 5.90. The van der Waals surface area contributed by atoms with Gasteiger partial charge in [-0.2, -0.15) is 0 Å². The molecule has 0 saturated heterocycles. The molecule has 0 heterocycles. The van der Waals surface area contributed by atoms with Gasteiger partial charge in [0.2, 0.25) is 0 Å². The molecule has 0 radical (unpaired) electrons. The lowest BCUT2D eigenvalue weighted by atomic mass is 10.0. The third kappa shape index (κ3) is 2.69. The summed E-state index contributed by atoms with van der Waals surface area (Å²) in [5.41, 5.74) is 2.76. The van der Waals surface area contributed by atoms with E-state index in [4.69, 9.17) is 4.74 Å². The first kappa shape index (κ1) is 13.8. The molecule has 0 aliphatic heterocycles. The van der Waals surface area contributed by atoms with E-state index in [0.29, 0.717) is 16.9 Å². The van der Waals surface area contributed by atoms with E-state index in [1.165, 1.54) is 14.2 Å². The molecular weight excluding hydrogens is 256 g/mol. The number of ether oxygens (including phenoxy) is 2. The van der Waals surface area contributed by atoms with Crippen LogP contribution in [0.2, 0.25) is 0 Å². The fraction of sp³-hybridized carbons (Fsp3) is 0.125. The number of hydrogen-bond donors (Lipinski definition) is 0. The zero-order chi connectivity index (χ0) is 14.5. The summed E-state index contributed by atoms with van der Waals surface area (Å²) in [5.74, 6) is 0.162. The molecule has 0 atom stereocenters. The first-order chi connectivity index (χ1) is 9.69. The Labute approximate surface area is 116 Å². The van der Waals surface area contributed by atoms with Crippen LogP contribution >= 0.6 is 0 Å². The molecule has 0 bridgehead atoms. The van der Waals surface area contributed by atoms with E-state index in [1.807, 2.05) is 18.2 Å². The number of aldehydes is 1. The molecule has 0 N–H and O–H groups in total. The standard InChI is InChI=1S/C16H14O4/c1-19-15-8-7-13(9-14(15)10-17)11-3-5-12(6-4-11)16(18)20-2/h3-10H,1-2H3. The molecule has 4 nitrogen and oxygen atoms in total. The minimum Gasteiger partial charge on any atom is -0.496 e. The van der Waals surface area contributed by atoms with Gasteiger partial charge in [-0.05, 0) is 35.4 Å². The van der Waals surface area contributed by atoms with Crippen molar-refractivity contribution in [1.29, 1.82) is 0 Å². The largest absolute Gasteiger partial charge is 0.496 e. The lowest BCUT2D eigenvalue weighted by molar-refractivity contribution is 0.0600. The SMILES string of the molecule is COC(=O)c1ccc(-c2ccc(OC)c(C=O)c2)cc1. The van der Waals surface area contributed by atoms with Crippen molar-refractivity contribution >= 4 is 12.3 Å². The van der Waals surface area contributed by atoms with Crippen LogP contribution in [-0.4, -0.2) is 26.5 Å². The molecule has 4 heteroatoms. The molecule has 2 rings (SSSR count). The third-order valence-electron chi connectivity index (χ3n) is 3.00. The van der Waals surface area contributed by atoms with Gasteiger partial charge in [0.1, 0.15) is 5.75 Å². The van der Waals surface area contributed by atoms with E-state index < -0.39 is 0 Å². The summed E-state index contributed by atoms with van der Waals surface area (Å²) in [7, 11) is 2.86. The monoisotopic (exact) mass is 270 g/mol. The summed E-state index contributed by atoms with van der Waals surface area (Å²) in [6.45, 7) is 0. The van der Waals surface area contributed by atoms with E-state index >= 15 is 0 Å². The number of hydrogen-bond acceptors (Lipinski definition) is 4. The Kier molecular flexibility index (Phi) is 4.15. The highest BCUT2D eigenvalue weighted by Gasteiger charge is 2.07. The Morgan fingerprint density at radius 1 is 1.00 bits per heavy atom. The summed E-state index contributed by atoms with van der Waals surface area (Å²) >= 11 is 0. The normalized spacial score (nSPS) is 9.90. The van der Waals surface area contributed by atoms with Crippen LogP contribution in [-0.2, 0) is 4.74 Å². The van der Waals surface area contributed by atoms with Crippen molar-refractivity contribution < 1.29 is 19.1 Å². The van der Waals surface area contributed by atoms with Crippen molar-refractivity contribution in [1.82, 2.24) is 0 Å². The first-order valence-corrected chi connectivity index (χ1v) is 6.01. The van der Waals surface area contributed by atoms with Crippen LogP contribution in [0, 0.1) is 0 Å². The van der Waals surface area contributed by atoms with Crippen molar-refractivity contribution in [3.05, 3.63) is 53.6 Å². The third-order valence-corrected chi connectivity index (χ3v) is 3.00. The van der Waals surface area contributed by atoms with Gasteiger partial charge in [0.15, 0.2) is 6.29 Å². The van der Waals surface area contributed by atoms with Crippen molar-refractivity contribution in [2.75, 3.05) is 14.2 Å². The molecule has 0 aliphatic carbocycles. The number of esters is 1. The molecule has 0 aromatic heterocycles. The van der Waals surface area contributed by atoms with Gasteiger partial charge in [0.25, 0.3) is 0 Å². The molecule has 0 saturated carbocycles. The Balaban J connectivity index is 2.36. The van der Waals surface area contributed by atoms with Crippen LogP contribution in [0.1, 0.15) is 20.7 Å². The van der Waals surface area contributed by atoms with Crippen molar-refractivity contribution in [2.24, 2.45) is 0 Å². The summed E-state index contributed by atoms with van der Waals surface area (Å²) in [4.78, 5) is 22.4. The number of carbonyl (C=O) groups excluding carboxylic acids is 2. The van der Waals surface area contributed by atoms with Gasteiger partial charge in [-0.25, -0.2) is 4.79 Å². The van der Waals surface area contributed by atoms with Crippen LogP contribution in [0.15, 0.2) is 42.5 Å². The highest BCUT2D eigenvalue weighted by atomic mass is 16.5. The minimum absolute atomic E-state index is 0.375. The van der Waals surface area contributed by atoms with Crippen LogP contribution in [0.3, 0.4) is 0 Å². The number of benzene rings is 2. The van der Waals surface area contributed by atoms with Crippen LogP contribution < -0.4 is 4.74 Å². The fourth-order valence-electron chi connectivity index (χ4n) is 1.92. The molecule has 0 amide bonds. The minimum atomic E-state index is -0.375. The zero-order valence-corrected chi connectivity index (χ0v) is 11.3. The Bertz CT molecular complexity index is 629. The van der Waals surface area contributed by atoms with Gasteiger partial charge in [-0.1, -0.05) is 18.2 Å². The first-order valence-electron chi connectivity index (χ1n) is 6.01. The summed E-state index contributed by atoms with van der Waals surface area (Å²) in [6, 6.07) is 12.3. The molecule has 0 spiro atoms. The second-order valence-electron chi connectivity index (χ2n) is 4.14. The maximum absolute atomic E-state index is 11.4. The second-order valence-corrected chi connectivity index (χ2v) is 4.14. The van der Waals surface area contributed by atoms with Gasteiger partial charge in [-0.15, -0.1) is 0 Å². The predicted octanol–water partition coefficient (Wildman–Crippen LogP) is 2.96. The van der Waals surface area contributed by atoms with E-state index in [2.05, 4.69) is 4.74 Å². The summed E-state index contributed by atoms with van der Waals surface area (Å²) < 4.78 is 9.75. The molecule has 20 heavy (non-hydrogen) atoms. The maximum Gasteiger partial charge on any atom is 0.337 e. The molecule has 2 aromatic rings. The fourth-order valence-corrected chi connectivity index (χ4v) is 1.92. The summed E-state index contributed by atoms with van der Waals surface area (Å²) in [5, 5.41) is 0. The highest BCUT2D eigenvalue weighted by Crippen LogP contribution is 2.26. The molecule has 0 unspecified atom stereocenters.